The lowest BCUT2D eigenvalue weighted by atomic mass is 10.2. The Morgan fingerprint density at radius 2 is 1.79 bits per heavy atom. The zero-order chi connectivity index (χ0) is 13.7. The molecule has 1 saturated heterocycles. The first-order chi connectivity index (χ1) is 9.18. The second-order valence-electron chi connectivity index (χ2n) is 5.43. The van der Waals surface area contributed by atoms with Gasteiger partial charge in [-0.2, -0.15) is 0 Å². The quantitative estimate of drug-likeness (QED) is 0.905. The number of nitrogens with zero attached hydrogens (tertiary/aromatic N) is 1. The number of rotatable bonds is 3. The van der Waals surface area contributed by atoms with Crippen LogP contribution in [0.4, 0.5) is 5.69 Å². The van der Waals surface area contributed by atoms with Gasteiger partial charge in [0, 0.05) is 5.69 Å². The van der Waals surface area contributed by atoms with Crippen molar-refractivity contribution in [3.63, 3.8) is 0 Å². The Labute approximate surface area is 116 Å². The minimum Gasteiger partial charge on any atom is -0.324 e. The topological polar surface area (TPSA) is 32.3 Å². The zero-order valence-corrected chi connectivity index (χ0v) is 12.0. The van der Waals surface area contributed by atoms with Crippen LogP contribution >= 0.6 is 0 Å². The van der Waals surface area contributed by atoms with Gasteiger partial charge < -0.3 is 5.32 Å². The van der Waals surface area contributed by atoms with Crippen molar-refractivity contribution in [2.75, 3.05) is 18.4 Å². The summed E-state index contributed by atoms with van der Waals surface area (Å²) in [6.07, 6.45) is 5.01. The molecule has 1 aromatic rings. The van der Waals surface area contributed by atoms with Crippen molar-refractivity contribution in [1.29, 1.82) is 0 Å². The Morgan fingerprint density at radius 3 is 2.42 bits per heavy atom. The van der Waals surface area contributed by atoms with Gasteiger partial charge >= 0.3 is 0 Å². The Balaban J connectivity index is 1.97. The third-order valence-electron chi connectivity index (χ3n) is 3.97. The Morgan fingerprint density at radius 1 is 1.16 bits per heavy atom. The van der Waals surface area contributed by atoms with E-state index in [0.29, 0.717) is 0 Å². The molecule has 1 aliphatic heterocycles. The van der Waals surface area contributed by atoms with Crippen LogP contribution in [0.3, 0.4) is 0 Å². The molecule has 0 aromatic heterocycles. The first kappa shape index (κ1) is 14.1. The van der Waals surface area contributed by atoms with E-state index >= 15 is 0 Å². The predicted octanol–water partition coefficient (Wildman–Crippen LogP) is 3.20. The number of likely N-dealkylation sites (tertiary alicyclic amines) is 1. The van der Waals surface area contributed by atoms with E-state index < -0.39 is 0 Å². The van der Waals surface area contributed by atoms with Crippen LogP contribution in [0, 0.1) is 6.92 Å². The van der Waals surface area contributed by atoms with Gasteiger partial charge in [-0.1, -0.05) is 31.0 Å². The van der Waals surface area contributed by atoms with E-state index in [1.807, 2.05) is 38.1 Å². The highest BCUT2D eigenvalue weighted by molar-refractivity contribution is 5.95. The van der Waals surface area contributed by atoms with E-state index in [2.05, 4.69) is 10.2 Å². The third kappa shape index (κ3) is 3.80. The predicted molar refractivity (Wildman–Crippen MR) is 79.3 cm³/mol. The summed E-state index contributed by atoms with van der Waals surface area (Å²) in [7, 11) is 0. The third-order valence-corrected chi connectivity index (χ3v) is 3.97. The van der Waals surface area contributed by atoms with E-state index in [1.54, 1.807) is 0 Å². The van der Waals surface area contributed by atoms with Crippen LogP contribution in [0.25, 0.3) is 0 Å². The van der Waals surface area contributed by atoms with Crippen molar-refractivity contribution in [3.05, 3.63) is 29.8 Å². The molecule has 0 bridgehead atoms. The van der Waals surface area contributed by atoms with Crippen molar-refractivity contribution >= 4 is 11.6 Å². The molecule has 1 N–H and O–H groups in total. The van der Waals surface area contributed by atoms with Gasteiger partial charge in [-0.15, -0.1) is 0 Å². The first-order valence-corrected chi connectivity index (χ1v) is 7.29. The fraction of sp³-hybridized carbons (Fsp3) is 0.562. The molecule has 0 aliphatic carbocycles. The maximum atomic E-state index is 12.3. The number of hydrogen-bond donors (Lipinski definition) is 1. The van der Waals surface area contributed by atoms with Crippen molar-refractivity contribution < 1.29 is 4.79 Å². The van der Waals surface area contributed by atoms with Crippen molar-refractivity contribution in [2.24, 2.45) is 0 Å². The smallest absolute Gasteiger partial charge is 0.241 e. The number of aryl methyl sites for hydroxylation is 1. The molecule has 1 amide bonds. The lowest BCUT2D eigenvalue weighted by molar-refractivity contribution is -0.120. The van der Waals surface area contributed by atoms with E-state index in [-0.39, 0.29) is 11.9 Å². The zero-order valence-electron chi connectivity index (χ0n) is 12.0. The van der Waals surface area contributed by atoms with Crippen LogP contribution in [-0.4, -0.2) is 29.9 Å². The highest BCUT2D eigenvalue weighted by atomic mass is 16.2. The van der Waals surface area contributed by atoms with Gasteiger partial charge in [0.15, 0.2) is 0 Å². The number of benzene rings is 1. The largest absolute Gasteiger partial charge is 0.324 e. The molecule has 0 saturated carbocycles. The van der Waals surface area contributed by atoms with E-state index in [4.69, 9.17) is 0 Å². The highest BCUT2D eigenvalue weighted by Gasteiger charge is 2.22. The summed E-state index contributed by atoms with van der Waals surface area (Å²) in [5.41, 5.74) is 2.04. The minimum atomic E-state index is -0.0438. The van der Waals surface area contributed by atoms with Crippen LogP contribution in [0.15, 0.2) is 24.3 Å². The number of carbonyl (C=O) groups excluding carboxylic acids is 1. The standard InChI is InChI=1S/C16H24N2O/c1-13-9-5-6-10-15(13)17-16(19)14(2)18-11-7-3-4-8-12-18/h5-6,9-10,14H,3-4,7-8,11-12H2,1-2H3,(H,17,19). The molecule has 1 heterocycles. The van der Waals surface area contributed by atoms with Crippen LogP contribution in [0.2, 0.25) is 0 Å². The van der Waals surface area contributed by atoms with Crippen molar-refractivity contribution in [2.45, 2.75) is 45.6 Å². The summed E-state index contributed by atoms with van der Waals surface area (Å²) in [5, 5.41) is 3.05. The molecule has 2 rings (SSSR count). The number of hydrogen-bond acceptors (Lipinski definition) is 2. The normalized spacial score (nSPS) is 18.6. The Bertz CT molecular complexity index is 423. The van der Waals surface area contributed by atoms with Gasteiger partial charge in [0.25, 0.3) is 0 Å². The number of amides is 1. The van der Waals surface area contributed by atoms with E-state index in [1.165, 1.54) is 25.7 Å². The van der Waals surface area contributed by atoms with Crippen LogP contribution < -0.4 is 5.32 Å². The van der Waals surface area contributed by atoms with Gasteiger partial charge in [-0.05, 0) is 51.4 Å². The monoisotopic (exact) mass is 260 g/mol. The molecule has 1 atom stereocenters. The maximum absolute atomic E-state index is 12.3. The summed E-state index contributed by atoms with van der Waals surface area (Å²) >= 11 is 0. The first-order valence-electron chi connectivity index (χ1n) is 7.29. The number of anilines is 1. The molecule has 3 nitrogen and oxygen atoms in total. The summed E-state index contributed by atoms with van der Waals surface area (Å²) in [6.45, 7) is 6.12. The molecular formula is C16H24N2O. The van der Waals surface area contributed by atoms with Crippen LogP contribution in [0.1, 0.15) is 38.2 Å². The Hall–Kier alpha value is -1.35. The number of nitrogens with one attached hydrogen (secondary N) is 1. The summed E-state index contributed by atoms with van der Waals surface area (Å²) in [5.74, 6) is 0.108. The molecule has 3 heteroatoms. The fourth-order valence-electron chi connectivity index (χ4n) is 2.60. The minimum absolute atomic E-state index is 0.0438. The molecule has 1 aromatic carbocycles. The maximum Gasteiger partial charge on any atom is 0.241 e. The molecule has 0 spiro atoms. The number of carbonyl (C=O) groups is 1. The van der Waals surface area contributed by atoms with Gasteiger partial charge in [0.1, 0.15) is 0 Å². The van der Waals surface area contributed by atoms with Crippen LogP contribution in [-0.2, 0) is 4.79 Å². The highest BCUT2D eigenvalue weighted by Crippen LogP contribution is 2.16. The second-order valence-corrected chi connectivity index (χ2v) is 5.43. The summed E-state index contributed by atoms with van der Waals surface area (Å²) in [6, 6.07) is 7.88. The SMILES string of the molecule is Cc1ccccc1NC(=O)C(C)N1CCCCCC1. The van der Waals surface area contributed by atoms with Gasteiger partial charge in [-0.3, -0.25) is 9.69 Å². The molecule has 1 fully saturated rings. The average Bonchev–Trinajstić information content (AvgIpc) is 2.69. The van der Waals surface area contributed by atoms with Crippen LogP contribution in [0.5, 0.6) is 0 Å². The molecular weight excluding hydrogens is 236 g/mol. The molecule has 104 valence electrons. The Kier molecular flexibility index (Phi) is 4.97. The van der Waals surface area contributed by atoms with Crippen molar-refractivity contribution in [1.82, 2.24) is 4.90 Å². The number of para-hydroxylation sites is 1. The lowest BCUT2D eigenvalue weighted by Crippen LogP contribution is -2.42. The average molecular weight is 260 g/mol. The molecule has 1 aliphatic rings. The molecule has 0 radical (unpaired) electrons. The fourth-order valence-corrected chi connectivity index (χ4v) is 2.60. The molecule has 19 heavy (non-hydrogen) atoms. The van der Waals surface area contributed by atoms with Gasteiger partial charge in [0.2, 0.25) is 5.91 Å². The van der Waals surface area contributed by atoms with Gasteiger partial charge in [-0.25, -0.2) is 0 Å². The summed E-state index contributed by atoms with van der Waals surface area (Å²) < 4.78 is 0. The molecule has 1 unspecified atom stereocenters. The van der Waals surface area contributed by atoms with Crippen molar-refractivity contribution in [3.8, 4) is 0 Å². The van der Waals surface area contributed by atoms with E-state index in [0.717, 1.165) is 24.3 Å². The van der Waals surface area contributed by atoms with E-state index in [9.17, 15) is 4.79 Å². The second kappa shape index (κ2) is 6.71. The summed E-state index contributed by atoms with van der Waals surface area (Å²) in [4.78, 5) is 14.6. The lowest BCUT2D eigenvalue weighted by Gasteiger charge is -2.26. The van der Waals surface area contributed by atoms with Gasteiger partial charge in [0.05, 0.1) is 6.04 Å².